The highest BCUT2D eigenvalue weighted by Gasteiger charge is 2.12. The van der Waals surface area contributed by atoms with E-state index in [0.717, 1.165) is 28.1 Å². The molecule has 0 radical (unpaired) electrons. The number of benzene rings is 3. The molecule has 0 aliphatic carbocycles. The van der Waals surface area contributed by atoms with Crippen LogP contribution in [0.4, 0.5) is 5.69 Å². The average Bonchev–Trinajstić information content (AvgIpc) is 3.23. The van der Waals surface area contributed by atoms with E-state index < -0.39 is 0 Å². The minimum atomic E-state index is -0.350. The zero-order chi connectivity index (χ0) is 21.8. The van der Waals surface area contributed by atoms with Crippen LogP contribution in [-0.4, -0.2) is 35.2 Å². The van der Waals surface area contributed by atoms with Crippen molar-refractivity contribution in [3.8, 4) is 22.9 Å². The molecule has 0 aliphatic heterocycles. The summed E-state index contributed by atoms with van der Waals surface area (Å²) in [6, 6.07) is 20.4. The van der Waals surface area contributed by atoms with Crippen LogP contribution in [0.15, 0.2) is 66.7 Å². The number of anilines is 1. The summed E-state index contributed by atoms with van der Waals surface area (Å²) in [6.07, 6.45) is 0. The second-order valence-electron chi connectivity index (χ2n) is 6.66. The van der Waals surface area contributed by atoms with Gasteiger partial charge in [-0.1, -0.05) is 12.1 Å². The lowest BCUT2D eigenvalue weighted by Gasteiger charge is -2.12. The molecule has 0 fully saturated rings. The van der Waals surface area contributed by atoms with Crippen LogP contribution < -0.4 is 20.1 Å². The Morgan fingerprint density at radius 3 is 2.42 bits per heavy atom. The van der Waals surface area contributed by atoms with Crippen LogP contribution in [0.2, 0.25) is 0 Å². The van der Waals surface area contributed by atoms with Gasteiger partial charge in [0, 0.05) is 16.8 Å². The van der Waals surface area contributed by atoms with Gasteiger partial charge in [-0.25, -0.2) is 4.98 Å². The van der Waals surface area contributed by atoms with Crippen LogP contribution in [0.5, 0.6) is 11.5 Å². The second kappa shape index (κ2) is 8.85. The third-order valence-corrected chi connectivity index (χ3v) is 4.88. The monoisotopic (exact) mass is 432 g/mol. The highest BCUT2D eigenvalue weighted by Crippen LogP contribution is 2.27. The number of hydrogen-bond donors (Lipinski definition) is 3. The van der Waals surface area contributed by atoms with E-state index in [0.29, 0.717) is 17.1 Å². The minimum absolute atomic E-state index is 0.191. The topological polar surface area (TPSA) is 88.3 Å². The number of carbonyl (C=O) groups excluding carboxylic acids is 1. The number of nitrogens with zero attached hydrogens (tertiary/aromatic N) is 1. The first-order chi connectivity index (χ1) is 15.1. The van der Waals surface area contributed by atoms with Gasteiger partial charge in [-0.05, 0) is 66.8 Å². The van der Waals surface area contributed by atoms with E-state index in [2.05, 4.69) is 20.6 Å². The summed E-state index contributed by atoms with van der Waals surface area (Å²) in [6.45, 7) is 0. The Labute approximate surface area is 184 Å². The Morgan fingerprint density at radius 2 is 1.71 bits per heavy atom. The van der Waals surface area contributed by atoms with Crippen LogP contribution >= 0.6 is 12.2 Å². The van der Waals surface area contributed by atoms with Gasteiger partial charge in [0.1, 0.15) is 5.82 Å². The molecule has 0 saturated carbocycles. The summed E-state index contributed by atoms with van der Waals surface area (Å²) >= 11 is 5.27. The maximum atomic E-state index is 12.5. The first-order valence-electron chi connectivity index (χ1n) is 9.47. The van der Waals surface area contributed by atoms with Crippen molar-refractivity contribution in [2.75, 3.05) is 19.5 Å². The quantitative estimate of drug-likeness (QED) is 0.406. The predicted octanol–water partition coefficient (Wildman–Crippen LogP) is 4.37. The van der Waals surface area contributed by atoms with Gasteiger partial charge < -0.3 is 19.8 Å². The number of imidazole rings is 1. The van der Waals surface area contributed by atoms with Gasteiger partial charge in [0.2, 0.25) is 0 Å². The molecule has 1 amide bonds. The van der Waals surface area contributed by atoms with E-state index >= 15 is 0 Å². The number of para-hydroxylation sites is 2. The molecule has 0 unspecified atom stereocenters. The lowest BCUT2D eigenvalue weighted by molar-refractivity contribution is 0.0977. The van der Waals surface area contributed by atoms with Gasteiger partial charge in [0.15, 0.2) is 16.6 Å². The number of aromatic amines is 1. The van der Waals surface area contributed by atoms with Crippen LogP contribution in [0.3, 0.4) is 0 Å². The first-order valence-corrected chi connectivity index (χ1v) is 9.88. The van der Waals surface area contributed by atoms with Gasteiger partial charge in [0.05, 0.1) is 25.3 Å². The number of rotatable bonds is 5. The molecule has 0 atom stereocenters. The Balaban J connectivity index is 1.41. The zero-order valence-corrected chi connectivity index (χ0v) is 17.7. The number of amides is 1. The van der Waals surface area contributed by atoms with Crippen molar-refractivity contribution in [3.63, 3.8) is 0 Å². The Bertz CT molecular complexity index is 1220. The van der Waals surface area contributed by atoms with Crippen molar-refractivity contribution in [2.24, 2.45) is 0 Å². The standard InChI is InChI=1S/C23H20N4O3S/c1-29-19-12-9-15(13-20(19)30-2)22(28)27-23(31)24-16-10-7-14(8-11-16)21-25-17-5-3-4-6-18(17)26-21/h3-13H,1-2H3,(H,25,26)(H2,24,27,28,31). The predicted molar refractivity (Wildman–Crippen MR) is 125 cm³/mol. The highest BCUT2D eigenvalue weighted by molar-refractivity contribution is 7.80. The first kappa shape index (κ1) is 20.4. The fourth-order valence-electron chi connectivity index (χ4n) is 3.12. The largest absolute Gasteiger partial charge is 0.493 e. The van der Waals surface area contributed by atoms with Crippen LogP contribution in [0.1, 0.15) is 10.4 Å². The van der Waals surface area contributed by atoms with Gasteiger partial charge in [-0.2, -0.15) is 0 Å². The molecule has 8 heteroatoms. The SMILES string of the molecule is COc1ccc(C(=O)NC(=S)Nc2ccc(-c3nc4ccccc4[nH]3)cc2)cc1OC. The van der Waals surface area contributed by atoms with Gasteiger partial charge >= 0.3 is 0 Å². The van der Waals surface area contributed by atoms with E-state index in [1.165, 1.54) is 14.2 Å². The number of aromatic nitrogens is 2. The van der Waals surface area contributed by atoms with Gasteiger partial charge in [-0.15, -0.1) is 0 Å². The number of ether oxygens (including phenoxy) is 2. The molecule has 3 aromatic carbocycles. The molecule has 31 heavy (non-hydrogen) atoms. The molecule has 156 valence electrons. The molecule has 4 rings (SSSR count). The van der Waals surface area contributed by atoms with Gasteiger partial charge in [0.25, 0.3) is 5.91 Å². The molecular formula is C23H20N4O3S. The molecular weight excluding hydrogens is 412 g/mol. The smallest absolute Gasteiger partial charge is 0.257 e. The fourth-order valence-corrected chi connectivity index (χ4v) is 3.33. The van der Waals surface area contributed by atoms with Crippen molar-refractivity contribution < 1.29 is 14.3 Å². The highest BCUT2D eigenvalue weighted by atomic mass is 32.1. The van der Waals surface area contributed by atoms with Crippen LogP contribution in [-0.2, 0) is 0 Å². The van der Waals surface area contributed by atoms with E-state index in [4.69, 9.17) is 21.7 Å². The van der Waals surface area contributed by atoms with E-state index in [-0.39, 0.29) is 11.0 Å². The number of fused-ring (bicyclic) bond motifs is 1. The lowest BCUT2D eigenvalue weighted by Crippen LogP contribution is -2.34. The average molecular weight is 433 g/mol. The van der Waals surface area contributed by atoms with Crippen molar-refractivity contribution >= 4 is 40.0 Å². The Morgan fingerprint density at radius 1 is 0.968 bits per heavy atom. The number of methoxy groups -OCH3 is 2. The molecule has 0 bridgehead atoms. The number of H-pyrrole nitrogens is 1. The molecule has 1 aromatic heterocycles. The van der Waals surface area contributed by atoms with E-state index in [1.54, 1.807) is 18.2 Å². The lowest BCUT2D eigenvalue weighted by atomic mass is 10.2. The number of hydrogen-bond acceptors (Lipinski definition) is 5. The summed E-state index contributed by atoms with van der Waals surface area (Å²) in [4.78, 5) is 20.4. The van der Waals surface area contributed by atoms with Crippen molar-refractivity contribution in [3.05, 3.63) is 72.3 Å². The van der Waals surface area contributed by atoms with Crippen LogP contribution in [0.25, 0.3) is 22.4 Å². The number of carbonyl (C=O) groups is 1. The zero-order valence-electron chi connectivity index (χ0n) is 16.9. The number of thiocarbonyl (C=S) groups is 1. The number of nitrogens with one attached hydrogen (secondary N) is 3. The van der Waals surface area contributed by atoms with Crippen molar-refractivity contribution in [2.45, 2.75) is 0 Å². The molecule has 7 nitrogen and oxygen atoms in total. The summed E-state index contributed by atoms with van der Waals surface area (Å²) in [5, 5.41) is 5.87. The Hall–Kier alpha value is -3.91. The second-order valence-corrected chi connectivity index (χ2v) is 7.07. The summed E-state index contributed by atoms with van der Waals surface area (Å²) in [5.41, 5.74) is 4.00. The molecule has 0 saturated heterocycles. The molecule has 4 aromatic rings. The molecule has 1 heterocycles. The summed E-state index contributed by atoms with van der Waals surface area (Å²) in [7, 11) is 3.05. The summed E-state index contributed by atoms with van der Waals surface area (Å²) < 4.78 is 10.4. The van der Waals surface area contributed by atoms with Crippen LogP contribution in [0, 0.1) is 0 Å². The minimum Gasteiger partial charge on any atom is -0.493 e. The Kier molecular flexibility index (Phi) is 5.81. The fraction of sp³-hybridized carbons (Fsp3) is 0.0870. The summed E-state index contributed by atoms with van der Waals surface area (Å²) in [5.74, 6) is 1.45. The normalized spacial score (nSPS) is 10.5. The maximum Gasteiger partial charge on any atom is 0.257 e. The molecule has 3 N–H and O–H groups in total. The van der Waals surface area contributed by atoms with Crippen molar-refractivity contribution in [1.29, 1.82) is 0 Å². The third-order valence-electron chi connectivity index (χ3n) is 4.68. The molecule has 0 aliphatic rings. The molecule has 0 spiro atoms. The van der Waals surface area contributed by atoms with E-state index in [1.807, 2.05) is 48.5 Å². The maximum absolute atomic E-state index is 12.5. The van der Waals surface area contributed by atoms with E-state index in [9.17, 15) is 4.79 Å². The van der Waals surface area contributed by atoms with Gasteiger partial charge in [-0.3, -0.25) is 10.1 Å². The van der Waals surface area contributed by atoms with Crippen molar-refractivity contribution in [1.82, 2.24) is 15.3 Å². The third kappa shape index (κ3) is 4.49.